The van der Waals surface area contributed by atoms with Gasteiger partial charge in [-0.15, -0.1) is 0 Å². The number of aromatic nitrogens is 1. The Morgan fingerprint density at radius 2 is 1.56 bits per heavy atom. The van der Waals surface area contributed by atoms with E-state index in [4.69, 9.17) is 4.99 Å². The average Bonchev–Trinajstić information content (AvgIpc) is 3.50. The molecule has 1 saturated heterocycles. The van der Waals surface area contributed by atoms with E-state index in [9.17, 15) is 4.79 Å². The molecular weight excluding hydrogens is 519 g/mol. The Hall–Kier alpha value is -4.00. The van der Waals surface area contributed by atoms with Gasteiger partial charge in [-0.05, 0) is 84.8 Å². The lowest BCUT2D eigenvalue weighted by molar-refractivity contribution is -0.122. The van der Waals surface area contributed by atoms with Gasteiger partial charge in [-0.3, -0.25) is 9.69 Å². The zero-order valence-corrected chi connectivity index (χ0v) is 23.1. The number of nitrogens with zero attached hydrogens (tertiary/aromatic N) is 2. The van der Waals surface area contributed by atoms with Crippen LogP contribution in [-0.2, 0) is 11.2 Å². The zero-order valence-electron chi connectivity index (χ0n) is 21.5. The van der Waals surface area contributed by atoms with E-state index >= 15 is 0 Å². The third kappa shape index (κ3) is 5.87. The Balaban J connectivity index is 1.23. The summed E-state index contributed by atoms with van der Waals surface area (Å²) in [5.41, 5.74) is 5.39. The third-order valence-corrected chi connectivity index (χ3v) is 8.61. The fourth-order valence-electron chi connectivity index (χ4n) is 4.50. The van der Waals surface area contributed by atoms with E-state index in [1.165, 1.54) is 33.2 Å². The number of hydrogen-bond acceptors (Lipinski definition) is 4. The van der Waals surface area contributed by atoms with Crippen LogP contribution in [0.1, 0.15) is 16.7 Å². The number of carbonyl (C=O) groups excluding carboxylic acids is 1. The molecule has 1 N–H and O–H groups in total. The van der Waals surface area contributed by atoms with Crippen molar-refractivity contribution in [1.82, 2.24) is 9.88 Å². The fourth-order valence-corrected chi connectivity index (χ4v) is 6.34. The molecule has 0 radical (unpaired) electrons. The number of aromatic amines is 1. The van der Waals surface area contributed by atoms with Gasteiger partial charge < -0.3 is 4.98 Å². The summed E-state index contributed by atoms with van der Waals surface area (Å²) in [5, 5.41) is 1.90. The molecule has 4 aromatic carbocycles. The number of nitrogens with one attached hydrogen (secondary N) is 1. The molecule has 0 atom stereocenters. The standard InChI is InChI=1S/C33H27N3OS2/c1-23-11-15-27(16-12-23)38-28-17-13-24(14-18-28)21-31-32(37)36(33(39-31)35-26-7-3-2-4-8-26)20-19-25-22-34-30-10-6-5-9-29(25)30/h2-18,21-22,34H,19-20H2,1H3/b31-21-,35-33?. The lowest BCUT2D eigenvalue weighted by Crippen LogP contribution is -2.31. The second-order valence-corrected chi connectivity index (χ2v) is 11.5. The molecule has 1 aromatic heterocycles. The van der Waals surface area contributed by atoms with E-state index in [0.29, 0.717) is 16.6 Å². The first-order chi connectivity index (χ1) is 19.1. The summed E-state index contributed by atoms with van der Waals surface area (Å²) in [5.74, 6) is -0.00682. The second-order valence-electron chi connectivity index (χ2n) is 9.39. The number of amidine groups is 1. The molecule has 0 saturated carbocycles. The number of thioether (sulfide) groups is 1. The highest BCUT2D eigenvalue weighted by atomic mass is 32.2. The normalized spacial score (nSPS) is 15.6. The van der Waals surface area contributed by atoms with Crippen molar-refractivity contribution in [3.05, 3.63) is 131 Å². The molecule has 1 aliphatic heterocycles. The van der Waals surface area contributed by atoms with Crippen molar-refractivity contribution < 1.29 is 4.79 Å². The van der Waals surface area contributed by atoms with Gasteiger partial charge >= 0.3 is 0 Å². The van der Waals surface area contributed by atoms with Gasteiger partial charge in [0.25, 0.3) is 5.91 Å². The highest BCUT2D eigenvalue weighted by Gasteiger charge is 2.33. The summed E-state index contributed by atoms with van der Waals surface area (Å²) in [6.07, 6.45) is 4.75. The molecule has 5 aromatic rings. The Bertz CT molecular complexity index is 1670. The van der Waals surface area contributed by atoms with Crippen LogP contribution in [0.25, 0.3) is 17.0 Å². The number of H-pyrrole nitrogens is 1. The molecule has 0 spiro atoms. The molecule has 6 rings (SSSR count). The van der Waals surface area contributed by atoms with Crippen LogP contribution in [0.5, 0.6) is 0 Å². The number of hydrogen-bond donors (Lipinski definition) is 1. The summed E-state index contributed by atoms with van der Waals surface area (Å²) in [6.45, 7) is 2.65. The predicted octanol–water partition coefficient (Wildman–Crippen LogP) is 8.47. The number of carbonyl (C=O) groups is 1. The molecule has 2 heterocycles. The Morgan fingerprint density at radius 1 is 0.872 bits per heavy atom. The van der Waals surface area contributed by atoms with Gasteiger partial charge in [0.1, 0.15) is 0 Å². The highest BCUT2D eigenvalue weighted by Crippen LogP contribution is 2.35. The number of aliphatic imine (C=N–C) groups is 1. The minimum absolute atomic E-state index is 0.00682. The maximum Gasteiger partial charge on any atom is 0.266 e. The summed E-state index contributed by atoms with van der Waals surface area (Å²) in [7, 11) is 0. The lowest BCUT2D eigenvalue weighted by Gasteiger charge is -2.15. The van der Waals surface area contributed by atoms with Crippen LogP contribution in [0.15, 0.2) is 129 Å². The van der Waals surface area contributed by atoms with Gasteiger partial charge in [0.2, 0.25) is 0 Å². The maximum atomic E-state index is 13.6. The first-order valence-corrected chi connectivity index (χ1v) is 14.5. The van der Waals surface area contributed by atoms with E-state index in [1.807, 2.05) is 59.6 Å². The van der Waals surface area contributed by atoms with Crippen LogP contribution in [0, 0.1) is 6.92 Å². The summed E-state index contributed by atoms with van der Waals surface area (Å²) < 4.78 is 0. The van der Waals surface area contributed by atoms with Gasteiger partial charge in [0.15, 0.2) is 5.17 Å². The second kappa shape index (κ2) is 11.4. The van der Waals surface area contributed by atoms with E-state index in [2.05, 4.69) is 72.6 Å². The third-order valence-electron chi connectivity index (χ3n) is 6.58. The number of aryl methyl sites for hydroxylation is 1. The largest absolute Gasteiger partial charge is 0.361 e. The smallest absolute Gasteiger partial charge is 0.266 e. The van der Waals surface area contributed by atoms with E-state index in [-0.39, 0.29) is 5.91 Å². The molecule has 6 heteroatoms. The number of rotatable bonds is 7. The van der Waals surface area contributed by atoms with Crippen molar-refractivity contribution in [3.8, 4) is 0 Å². The van der Waals surface area contributed by atoms with Crippen LogP contribution in [-0.4, -0.2) is 27.5 Å². The minimum Gasteiger partial charge on any atom is -0.361 e. The van der Waals surface area contributed by atoms with Gasteiger partial charge in [-0.1, -0.05) is 78.0 Å². The molecule has 0 aliphatic carbocycles. The number of benzene rings is 4. The van der Waals surface area contributed by atoms with Crippen LogP contribution >= 0.6 is 23.5 Å². The molecule has 4 nitrogen and oxygen atoms in total. The first kappa shape index (κ1) is 25.3. The Labute approximate surface area is 236 Å². The number of amides is 1. The lowest BCUT2D eigenvalue weighted by atomic mass is 10.1. The quantitative estimate of drug-likeness (QED) is 0.209. The van der Waals surface area contributed by atoms with Crippen LogP contribution < -0.4 is 0 Å². The topological polar surface area (TPSA) is 48.5 Å². The van der Waals surface area contributed by atoms with E-state index in [0.717, 1.165) is 28.1 Å². The summed E-state index contributed by atoms with van der Waals surface area (Å²) >= 11 is 3.17. The van der Waals surface area contributed by atoms with Crippen LogP contribution in [0.3, 0.4) is 0 Å². The number of para-hydroxylation sites is 2. The van der Waals surface area contributed by atoms with Crippen molar-refractivity contribution in [1.29, 1.82) is 0 Å². The summed E-state index contributed by atoms with van der Waals surface area (Å²) in [6, 6.07) is 35.0. The predicted molar refractivity (Wildman–Crippen MR) is 165 cm³/mol. The van der Waals surface area contributed by atoms with Crippen molar-refractivity contribution in [3.63, 3.8) is 0 Å². The monoisotopic (exact) mass is 545 g/mol. The molecule has 192 valence electrons. The van der Waals surface area contributed by atoms with Gasteiger partial charge in [-0.25, -0.2) is 4.99 Å². The van der Waals surface area contributed by atoms with Gasteiger partial charge in [-0.2, -0.15) is 0 Å². The van der Waals surface area contributed by atoms with Gasteiger partial charge in [0.05, 0.1) is 10.6 Å². The summed E-state index contributed by atoms with van der Waals surface area (Å²) in [4.78, 5) is 26.7. The number of fused-ring (bicyclic) bond motifs is 1. The molecule has 0 bridgehead atoms. The van der Waals surface area contributed by atoms with Crippen molar-refractivity contribution in [2.75, 3.05) is 6.54 Å². The van der Waals surface area contributed by atoms with Gasteiger partial charge in [0, 0.05) is 33.4 Å². The van der Waals surface area contributed by atoms with Crippen LogP contribution in [0.2, 0.25) is 0 Å². The maximum absolute atomic E-state index is 13.6. The molecule has 1 aliphatic rings. The van der Waals surface area contributed by atoms with E-state index < -0.39 is 0 Å². The zero-order chi connectivity index (χ0) is 26.6. The Kier molecular flexibility index (Phi) is 7.39. The molecule has 39 heavy (non-hydrogen) atoms. The van der Waals surface area contributed by atoms with Crippen molar-refractivity contribution in [2.24, 2.45) is 4.99 Å². The molecule has 0 unspecified atom stereocenters. The SMILES string of the molecule is Cc1ccc(Sc2ccc(/C=C3\SC(=Nc4ccccc4)N(CCc4c[nH]c5ccccc45)C3=O)cc2)cc1. The van der Waals surface area contributed by atoms with E-state index in [1.54, 1.807) is 11.8 Å². The van der Waals surface area contributed by atoms with Crippen molar-refractivity contribution in [2.45, 2.75) is 23.1 Å². The first-order valence-electron chi connectivity index (χ1n) is 12.9. The molecule has 1 fully saturated rings. The molecular formula is C33H27N3OS2. The van der Waals surface area contributed by atoms with Crippen molar-refractivity contribution >= 4 is 57.3 Å². The average molecular weight is 546 g/mol. The van der Waals surface area contributed by atoms with Crippen LogP contribution in [0.4, 0.5) is 5.69 Å². The molecule has 1 amide bonds. The minimum atomic E-state index is -0.00682. The highest BCUT2D eigenvalue weighted by molar-refractivity contribution is 8.18. The Morgan fingerprint density at radius 3 is 2.33 bits per heavy atom. The fraction of sp³-hybridized carbons (Fsp3) is 0.0909.